The minimum absolute atomic E-state index is 0.113. The number of carbonyl (C=O) groups excluding carboxylic acids is 1. The molecule has 0 saturated carbocycles. The normalized spacial score (nSPS) is 21.9. The highest BCUT2D eigenvalue weighted by Crippen LogP contribution is 2.48. The number of thioether (sulfide) groups is 1. The molecule has 5 atom stereocenters. The van der Waals surface area contributed by atoms with Crippen molar-refractivity contribution in [2.24, 2.45) is 5.92 Å². The minimum Gasteiger partial charge on any atom is -0.464 e. The molecule has 0 radical (unpaired) electrons. The summed E-state index contributed by atoms with van der Waals surface area (Å²) in [6, 6.07) is 8.97. The largest absolute Gasteiger partial charge is 0.464 e. The van der Waals surface area contributed by atoms with Crippen molar-refractivity contribution < 1.29 is 28.3 Å². The zero-order valence-electron chi connectivity index (χ0n) is 21.2. The van der Waals surface area contributed by atoms with Crippen LogP contribution < -0.4 is 21.0 Å². The van der Waals surface area contributed by atoms with Gasteiger partial charge in [-0.3, -0.25) is 13.9 Å². The van der Waals surface area contributed by atoms with Crippen LogP contribution in [0.5, 0.6) is 5.75 Å². The Morgan fingerprint density at radius 1 is 1.30 bits per heavy atom. The van der Waals surface area contributed by atoms with Gasteiger partial charge < -0.3 is 20.1 Å². The molecular weight excluding hydrogens is 519 g/mol. The van der Waals surface area contributed by atoms with Crippen LogP contribution in [0.1, 0.15) is 45.4 Å². The van der Waals surface area contributed by atoms with Crippen molar-refractivity contribution >= 4 is 31.3 Å². The molecule has 0 bridgehead atoms. The predicted octanol–water partition coefficient (Wildman–Crippen LogP) is 3.35. The van der Waals surface area contributed by atoms with E-state index < -0.39 is 42.2 Å². The van der Waals surface area contributed by atoms with E-state index in [4.69, 9.17) is 19.5 Å². The van der Waals surface area contributed by atoms with E-state index in [1.165, 1.54) is 35.5 Å². The number of ether oxygens (including phenoxy) is 1. The maximum absolute atomic E-state index is 13.7. The topological polar surface area (TPSA) is 155 Å². The van der Waals surface area contributed by atoms with Crippen LogP contribution in [-0.2, 0) is 18.6 Å². The lowest BCUT2D eigenvalue weighted by molar-refractivity contribution is -0.146. The first-order valence-electron chi connectivity index (χ1n) is 12.3. The molecule has 1 aliphatic rings. The predicted molar refractivity (Wildman–Crippen MR) is 142 cm³/mol. The maximum atomic E-state index is 13.7. The summed E-state index contributed by atoms with van der Waals surface area (Å²) in [5, 5.41) is 12.4. The second-order valence-electron chi connectivity index (χ2n) is 8.84. The summed E-state index contributed by atoms with van der Waals surface area (Å²) in [4.78, 5) is 28.5. The number of nitrogens with one attached hydrogen (secondary N) is 1. The summed E-state index contributed by atoms with van der Waals surface area (Å²) in [5.74, 6) is 0.0746. The number of nitrogens with two attached hydrogens (primary N) is 1. The Hall–Kier alpha value is -2.37. The molecule has 0 aliphatic carbocycles. The average Bonchev–Trinajstić information content (AvgIpc) is 3.23. The fourth-order valence-corrected chi connectivity index (χ4v) is 6.76. The molecule has 1 aromatic heterocycles. The smallest absolute Gasteiger partial charge is 0.459 e. The van der Waals surface area contributed by atoms with Gasteiger partial charge >= 0.3 is 19.4 Å². The third-order valence-electron chi connectivity index (χ3n) is 6.06. The Labute approximate surface area is 220 Å². The van der Waals surface area contributed by atoms with Gasteiger partial charge in [0, 0.05) is 12.6 Å². The Kier molecular flexibility index (Phi) is 10.6. The highest BCUT2D eigenvalue weighted by molar-refractivity contribution is 8.00. The number of aliphatic hydroxyl groups is 1. The number of aromatic nitrogens is 2. The first-order valence-corrected chi connectivity index (χ1v) is 14.7. The second-order valence-corrected chi connectivity index (χ2v) is 12.0. The fourth-order valence-electron chi connectivity index (χ4n) is 3.70. The van der Waals surface area contributed by atoms with Gasteiger partial charge in [-0.15, -0.1) is 11.8 Å². The number of aliphatic hydroxyl groups excluding tert-OH is 1. The van der Waals surface area contributed by atoms with Crippen molar-refractivity contribution in [3.63, 3.8) is 0 Å². The van der Waals surface area contributed by atoms with Crippen LogP contribution in [-0.4, -0.2) is 51.2 Å². The van der Waals surface area contributed by atoms with E-state index in [2.05, 4.69) is 10.1 Å². The Bertz CT molecular complexity index is 1130. The van der Waals surface area contributed by atoms with Gasteiger partial charge in [-0.1, -0.05) is 44.9 Å². The van der Waals surface area contributed by atoms with Crippen molar-refractivity contribution in [3.05, 3.63) is 53.1 Å². The molecule has 2 unspecified atom stereocenters. The number of hydrogen-bond acceptors (Lipinski definition) is 10. The fraction of sp³-hybridized carbons (Fsp3) is 0.542. The van der Waals surface area contributed by atoms with Crippen LogP contribution in [0.3, 0.4) is 0 Å². The maximum Gasteiger partial charge on any atom is 0.459 e. The van der Waals surface area contributed by atoms with E-state index in [-0.39, 0.29) is 37.1 Å². The van der Waals surface area contributed by atoms with E-state index in [0.717, 1.165) is 12.8 Å². The number of para-hydroxylation sites is 1. The van der Waals surface area contributed by atoms with Crippen LogP contribution in [0.15, 0.2) is 47.4 Å². The number of hydrogen-bond donors (Lipinski definition) is 3. The van der Waals surface area contributed by atoms with Crippen molar-refractivity contribution in [2.75, 3.05) is 18.9 Å². The van der Waals surface area contributed by atoms with E-state index in [9.17, 15) is 19.3 Å². The number of benzene rings is 1. The van der Waals surface area contributed by atoms with E-state index in [1.54, 1.807) is 30.3 Å². The van der Waals surface area contributed by atoms with Crippen LogP contribution in [0.25, 0.3) is 0 Å². The molecule has 0 amide bonds. The number of nitrogen functional groups attached to an aromatic ring is 1. The van der Waals surface area contributed by atoms with Gasteiger partial charge in [0.1, 0.15) is 17.6 Å². The highest BCUT2D eigenvalue weighted by Gasteiger charge is 2.39. The SMILES string of the molecule is CCC(CC)COC(=O)[C@H](C)N[P@](=O)(OCC1S[C@@H](n2ccc(N)nc2=O)CC1O)Oc1ccccc1. The van der Waals surface area contributed by atoms with Gasteiger partial charge in [-0.25, -0.2) is 9.36 Å². The van der Waals surface area contributed by atoms with Gasteiger partial charge in [0.05, 0.1) is 29.9 Å². The van der Waals surface area contributed by atoms with Crippen LogP contribution >= 0.6 is 19.5 Å². The standard InChI is InChI=1S/C24H35N4O7PS/c1-4-17(5-2)14-33-23(30)16(3)27-36(32,35-18-9-7-6-8-10-18)34-15-20-19(29)13-22(37-20)28-12-11-21(25)26-24(28)31/h6-12,16-17,19-20,22,29H,4-5,13-15H2,1-3H3,(H,27,32)(H2,25,26,31)/t16-,19?,20?,22+,36-/m0/s1. The molecule has 11 nitrogen and oxygen atoms in total. The monoisotopic (exact) mass is 554 g/mol. The lowest BCUT2D eigenvalue weighted by Crippen LogP contribution is -2.36. The summed E-state index contributed by atoms with van der Waals surface area (Å²) in [6.07, 6.45) is 2.71. The Morgan fingerprint density at radius 2 is 2.00 bits per heavy atom. The van der Waals surface area contributed by atoms with Crippen molar-refractivity contribution in [2.45, 2.75) is 62.8 Å². The molecule has 1 saturated heterocycles. The van der Waals surface area contributed by atoms with Crippen molar-refractivity contribution in [3.8, 4) is 5.75 Å². The first kappa shape index (κ1) is 29.2. The second kappa shape index (κ2) is 13.4. The van der Waals surface area contributed by atoms with Crippen LogP contribution in [0.2, 0.25) is 0 Å². The van der Waals surface area contributed by atoms with Crippen molar-refractivity contribution in [1.29, 1.82) is 0 Å². The summed E-state index contributed by atoms with van der Waals surface area (Å²) < 4.78 is 31.9. The third-order valence-corrected chi connectivity index (χ3v) is 9.24. The summed E-state index contributed by atoms with van der Waals surface area (Å²) >= 11 is 1.29. The van der Waals surface area contributed by atoms with Crippen LogP contribution in [0.4, 0.5) is 5.82 Å². The number of nitrogens with zero attached hydrogens (tertiary/aromatic N) is 2. The van der Waals surface area contributed by atoms with Crippen LogP contribution in [0, 0.1) is 5.92 Å². The molecule has 2 aromatic rings. The summed E-state index contributed by atoms with van der Waals surface area (Å²) in [5.41, 5.74) is 5.04. The zero-order chi connectivity index (χ0) is 27.0. The highest BCUT2D eigenvalue weighted by atomic mass is 32.2. The molecule has 1 aliphatic heterocycles. The lowest BCUT2D eigenvalue weighted by atomic mass is 10.1. The molecule has 204 valence electrons. The summed E-state index contributed by atoms with van der Waals surface area (Å²) in [7, 11) is -4.07. The van der Waals surface area contributed by atoms with E-state index in [1.807, 2.05) is 13.8 Å². The molecule has 0 spiro atoms. The van der Waals surface area contributed by atoms with Crippen molar-refractivity contribution in [1.82, 2.24) is 14.6 Å². The number of carbonyl (C=O) groups is 1. The van der Waals surface area contributed by atoms with Gasteiger partial charge in [0.15, 0.2) is 0 Å². The Balaban J connectivity index is 1.68. The number of esters is 1. The zero-order valence-corrected chi connectivity index (χ0v) is 22.9. The van der Waals surface area contributed by atoms with E-state index in [0.29, 0.717) is 0 Å². The molecule has 2 heterocycles. The summed E-state index contributed by atoms with van der Waals surface area (Å²) in [6.45, 7) is 5.69. The van der Waals surface area contributed by atoms with Gasteiger partial charge in [-0.2, -0.15) is 10.1 Å². The first-order chi connectivity index (χ1) is 17.6. The molecule has 1 fully saturated rings. The Morgan fingerprint density at radius 3 is 2.65 bits per heavy atom. The van der Waals surface area contributed by atoms with Gasteiger partial charge in [0.2, 0.25) is 0 Å². The quantitative estimate of drug-likeness (QED) is 0.247. The molecule has 37 heavy (non-hydrogen) atoms. The molecule has 4 N–H and O–H groups in total. The van der Waals surface area contributed by atoms with Gasteiger partial charge in [-0.05, 0) is 31.0 Å². The third kappa shape index (κ3) is 8.31. The molecule has 13 heteroatoms. The lowest BCUT2D eigenvalue weighted by Gasteiger charge is -2.25. The molecule has 3 rings (SSSR count). The average molecular weight is 555 g/mol. The van der Waals surface area contributed by atoms with E-state index >= 15 is 0 Å². The number of anilines is 1. The number of rotatable bonds is 13. The minimum atomic E-state index is -4.07. The molecule has 1 aromatic carbocycles. The molecular formula is C24H35N4O7PS. The van der Waals surface area contributed by atoms with Gasteiger partial charge in [0.25, 0.3) is 0 Å².